The molecule has 2 aliphatic rings. The summed E-state index contributed by atoms with van der Waals surface area (Å²) >= 11 is 6.14. The summed E-state index contributed by atoms with van der Waals surface area (Å²) in [6.45, 7) is 0. The predicted octanol–water partition coefficient (Wildman–Crippen LogP) is 2.94. The number of halogens is 1. The van der Waals surface area contributed by atoms with E-state index in [1.807, 2.05) is 30.3 Å². The number of nitrogens with zero attached hydrogens (tertiary/aromatic N) is 4. The summed E-state index contributed by atoms with van der Waals surface area (Å²) in [6.07, 6.45) is 0.171. The van der Waals surface area contributed by atoms with Crippen molar-refractivity contribution in [3.8, 4) is 6.07 Å². The van der Waals surface area contributed by atoms with Crippen LogP contribution >= 0.6 is 11.6 Å². The first-order chi connectivity index (χ1) is 17.6. The molecule has 37 heavy (non-hydrogen) atoms. The zero-order valence-corrected chi connectivity index (χ0v) is 21.0. The van der Waals surface area contributed by atoms with Crippen molar-refractivity contribution in [3.63, 3.8) is 0 Å². The summed E-state index contributed by atoms with van der Waals surface area (Å²) in [7, 11) is -1.56. The number of aliphatic hydroxyl groups is 1. The molecule has 2 N–H and O–H groups in total. The maximum atomic E-state index is 12.9. The van der Waals surface area contributed by atoms with Crippen LogP contribution in [0, 0.1) is 11.3 Å². The number of amides is 2. The molecule has 3 heterocycles. The number of sulfone groups is 1. The first-order valence-corrected chi connectivity index (χ1v) is 13.4. The van der Waals surface area contributed by atoms with Gasteiger partial charge in [-0.3, -0.25) is 14.5 Å². The number of nitriles is 1. The van der Waals surface area contributed by atoms with E-state index in [-0.39, 0.29) is 40.0 Å². The quantitative estimate of drug-likeness (QED) is 0.287. The van der Waals surface area contributed by atoms with Gasteiger partial charge in [0, 0.05) is 18.3 Å². The molecule has 188 valence electrons. The van der Waals surface area contributed by atoms with Crippen molar-refractivity contribution in [1.82, 2.24) is 14.5 Å². The van der Waals surface area contributed by atoms with Gasteiger partial charge in [0.15, 0.2) is 15.7 Å². The molecule has 1 saturated heterocycles. The molecule has 1 atom stereocenters. The number of benzene rings is 2. The zero-order valence-electron chi connectivity index (χ0n) is 19.5. The van der Waals surface area contributed by atoms with Crippen LogP contribution in [0.3, 0.4) is 0 Å². The summed E-state index contributed by atoms with van der Waals surface area (Å²) < 4.78 is 25.4. The Kier molecular flexibility index (Phi) is 6.01. The van der Waals surface area contributed by atoms with Gasteiger partial charge in [-0.05, 0) is 42.8 Å². The molecule has 2 amide bonds. The fourth-order valence-corrected chi connectivity index (χ4v) is 6.44. The molecule has 2 aliphatic heterocycles. The van der Waals surface area contributed by atoms with Gasteiger partial charge in [0.25, 0.3) is 11.8 Å². The molecular formula is C25H20ClN5O5S. The molecule has 1 unspecified atom stereocenters. The number of rotatable bonds is 5. The third kappa shape index (κ3) is 4.24. The Morgan fingerprint density at radius 2 is 1.86 bits per heavy atom. The van der Waals surface area contributed by atoms with Crippen molar-refractivity contribution in [2.45, 2.75) is 12.5 Å². The number of carbonyl (C=O) groups excluding carboxylic acids is 2. The van der Waals surface area contributed by atoms with E-state index < -0.39 is 27.7 Å². The van der Waals surface area contributed by atoms with Crippen LogP contribution in [-0.4, -0.2) is 57.3 Å². The highest BCUT2D eigenvalue weighted by Crippen LogP contribution is 2.31. The van der Waals surface area contributed by atoms with Gasteiger partial charge in [0.2, 0.25) is 0 Å². The average molecular weight is 538 g/mol. The highest BCUT2D eigenvalue weighted by atomic mass is 35.5. The van der Waals surface area contributed by atoms with E-state index in [2.05, 4.69) is 10.3 Å². The Hall–Kier alpha value is -4.14. The Labute approximate surface area is 217 Å². The van der Waals surface area contributed by atoms with Gasteiger partial charge in [0.05, 0.1) is 28.6 Å². The van der Waals surface area contributed by atoms with E-state index in [0.29, 0.717) is 22.6 Å². The number of imidazole rings is 1. The maximum absolute atomic E-state index is 12.9. The van der Waals surface area contributed by atoms with E-state index in [9.17, 15) is 28.4 Å². The van der Waals surface area contributed by atoms with E-state index in [0.717, 1.165) is 10.4 Å². The monoisotopic (exact) mass is 537 g/mol. The van der Waals surface area contributed by atoms with E-state index in [1.54, 1.807) is 23.7 Å². The second-order valence-electron chi connectivity index (χ2n) is 8.75. The van der Waals surface area contributed by atoms with Crippen molar-refractivity contribution >= 4 is 61.3 Å². The largest absolute Gasteiger partial charge is 0.506 e. The molecule has 1 aromatic heterocycles. The Morgan fingerprint density at radius 3 is 2.49 bits per heavy atom. The van der Waals surface area contributed by atoms with Gasteiger partial charge in [-0.1, -0.05) is 23.7 Å². The van der Waals surface area contributed by atoms with Gasteiger partial charge in [-0.2, -0.15) is 5.26 Å². The van der Waals surface area contributed by atoms with Crippen LogP contribution < -0.4 is 5.32 Å². The molecule has 10 nitrogen and oxygen atoms in total. The third-order valence-corrected chi connectivity index (χ3v) is 8.52. The van der Waals surface area contributed by atoms with Crippen LogP contribution in [0.15, 0.2) is 59.3 Å². The summed E-state index contributed by atoms with van der Waals surface area (Å²) in [4.78, 5) is 30.9. The van der Waals surface area contributed by atoms with E-state index in [4.69, 9.17) is 11.6 Å². The van der Waals surface area contributed by atoms with Crippen LogP contribution in [0.2, 0.25) is 0 Å². The molecule has 3 aromatic rings. The second-order valence-corrected chi connectivity index (χ2v) is 11.4. The molecule has 0 aliphatic carbocycles. The van der Waals surface area contributed by atoms with Crippen molar-refractivity contribution in [2.24, 2.45) is 7.05 Å². The Morgan fingerprint density at radius 1 is 1.16 bits per heavy atom. The molecule has 0 saturated carbocycles. The topological polar surface area (TPSA) is 145 Å². The van der Waals surface area contributed by atoms with Crippen LogP contribution in [0.5, 0.6) is 0 Å². The van der Waals surface area contributed by atoms with E-state index in [1.165, 1.54) is 12.1 Å². The molecule has 5 rings (SSSR count). The van der Waals surface area contributed by atoms with Gasteiger partial charge >= 0.3 is 0 Å². The fourth-order valence-electron chi connectivity index (χ4n) is 4.52. The van der Waals surface area contributed by atoms with Crippen molar-refractivity contribution in [1.29, 1.82) is 5.26 Å². The van der Waals surface area contributed by atoms with Crippen LogP contribution in [0.1, 0.15) is 17.8 Å². The first kappa shape index (κ1) is 24.5. The zero-order chi connectivity index (χ0) is 26.5. The van der Waals surface area contributed by atoms with Crippen molar-refractivity contribution in [3.05, 3.63) is 70.6 Å². The number of carbonyl (C=O) groups is 2. The number of anilines is 1. The molecule has 0 radical (unpaired) electrons. The highest BCUT2D eigenvalue weighted by molar-refractivity contribution is 7.91. The van der Waals surface area contributed by atoms with Gasteiger partial charge < -0.3 is 15.0 Å². The number of aromatic nitrogens is 2. The molecular weight excluding hydrogens is 518 g/mol. The molecule has 0 spiro atoms. The Bertz CT molecular complexity index is 1680. The highest BCUT2D eigenvalue weighted by Gasteiger charge is 2.45. The number of hydrogen-bond acceptors (Lipinski definition) is 8. The number of aryl methyl sites for hydroxylation is 1. The standard InChI is InChI=1S/C25H20ClN5O5S/c1-30-19-5-3-2-4-18(19)29-23(30)17(12-27)22(32)14-6-8-15(9-7-14)28-21-20(26)24(33)31(25(21)34)16-10-11-37(35,36)13-16/h2-9,16,28,32H,10-11,13H2,1H3/b22-17-. The number of hydrogen-bond donors (Lipinski definition) is 2. The van der Waals surface area contributed by atoms with Crippen LogP contribution in [0.25, 0.3) is 22.4 Å². The summed E-state index contributed by atoms with van der Waals surface area (Å²) in [5.74, 6) is -1.77. The molecule has 2 aromatic carbocycles. The number of aliphatic hydroxyl groups excluding tert-OH is 1. The minimum absolute atomic E-state index is 0.0103. The van der Waals surface area contributed by atoms with Gasteiger partial charge in [-0.25, -0.2) is 13.4 Å². The van der Waals surface area contributed by atoms with Gasteiger partial charge in [0.1, 0.15) is 28.1 Å². The first-order valence-electron chi connectivity index (χ1n) is 11.2. The minimum Gasteiger partial charge on any atom is -0.506 e. The third-order valence-electron chi connectivity index (χ3n) is 6.42. The predicted molar refractivity (Wildman–Crippen MR) is 138 cm³/mol. The lowest BCUT2D eigenvalue weighted by Crippen LogP contribution is -2.42. The maximum Gasteiger partial charge on any atom is 0.279 e. The van der Waals surface area contributed by atoms with E-state index >= 15 is 0 Å². The van der Waals surface area contributed by atoms with Crippen LogP contribution in [-0.2, 0) is 26.5 Å². The normalized spacial score (nSPS) is 19.9. The second kappa shape index (κ2) is 9.06. The lowest BCUT2D eigenvalue weighted by Gasteiger charge is -2.21. The molecule has 0 bridgehead atoms. The number of para-hydroxylation sites is 2. The smallest absolute Gasteiger partial charge is 0.279 e. The lowest BCUT2D eigenvalue weighted by molar-refractivity contribution is -0.139. The molecule has 1 fully saturated rings. The average Bonchev–Trinajstić information content (AvgIpc) is 3.47. The SMILES string of the molecule is Cn1c(/C(C#N)=C(\O)c2ccc(NC3=C(Cl)C(=O)N(C4CCS(=O)(=O)C4)C3=O)cc2)nc2ccccc21. The number of imide groups is 1. The van der Waals surface area contributed by atoms with Crippen molar-refractivity contribution in [2.75, 3.05) is 16.8 Å². The number of allylic oxidation sites excluding steroid dienone is 1. The minimum atomic E-state index is -3.31. The van der Waals surface area contributed by atoms with Gasteiger partial charge in [-0.15, -0.1) is 0 Å². The van der Waals surface area contributed by atoms with Crippen molar-refractivity contribution < 1.29 is 23.1 Å². The lowest BCUT2D eigenvalue weighted by atomic mass is 10.1. The van der Waals surface area contributed by atoms with Crippen LogP contribution in [0.4, 0.5) is 5.69 Å². The number of fused-ring (bicyclic) bond motifs is 1. The summed E-state index contributed by atoms with van der Waals surface area (Å²) in [6, 6.07) is 14.8. The number of nitrogens with one attached hydrogen (secondary N) is 1. The summed E-state index contributed by atoms with van der Waals surface area (Å²) in [5, 5.41) is 23.1. The Balaban J connectivity index is 1.39. The fraction of sp³-hybridized carbons (Fsp3) is 0.200. The summed E-state index contributed by atoms with van der Waals surface area (Å²) in [5.41, 5.74) is 2.06. The molecule has 12 heteroatoms.